The largest absolute Gasteiger partial charge is 0.294 e. The van der Waals surface area contributed by atoms with E-state index in [1.807, 2.05) is 6.07 Å². The van der Waals surface area contributed by atoms with Crippen LogP contribution in [0.2, 0.25) is 5.02 Å². The van der Waals surface area contributed by atoms with E-state index < -0.39 is 0 Å². The first-order valence-corrected chi connectivity index (χ1v) is 6.70. The molecule has 0 spiro atoms. The molecular formula is C13H16BrClO. The molecule has 0 amide bonds. The number of hydrogen-bond donors (Lipinski definition) is 0. The molecule has 1 nitrogen and oxygen atoms in total. The number of hydrogen-bond acceptors (Lipinski definition) is 1. The summed E-state index contributed by atoms with van der Waals surface area (Å²) in [6, 6.07) is 5.32. The van der Waals surface area contributed by atoms with Gasteiger partial charge in [-0.1, -0.05) is 54.2 Å². The van der Waals surface area contributed by atoms with E-state index >= 15 is 0 Å². The molecule has 0 aromatic heterocycles. The van der Waals surface area contributed by atoms with Crippen molar-refractivity contribution in [3.63, 3.8) is 0 Å². The van der Waals surface area contributed by atoms with E-state index in [4.69, 9.17) is 11.6 Å². The lowest BCUT2D eigenvalue weighted by Gasteiger charge is -2.10. The Morgan fingerprint density at radius 1 is 1.50 bits per heavy atom. The van der Waals surface area contributed by atoms with E-state index in [2.05, 4.69) is 29.8 Å². The lowest BCUT2D eigenvalue weighted by molar-refractivity contribution is 0.0962. The van der Waals surface area contributed by atoms with Gasteiger partial charge in [-0.3, -0.25) is 4.79 Å². The van der Waals surface area contributed by atoms with Crippen LogP contribution in [0.15, 0.2) is 22.7 Å². The van der Waals surface area contributed by atoms with Crippen LogP contribution in [0, 0.1) is 5.92 Å². The van der Waals surface area contributed by atoms with E-state index in [1.54, 1.807) is 12.1 Å². The highest BCUT2D eigenvalue weighted by Crippen LogP contribution is 2.24. The molecule has 0 N–H and O–H groups in total. The molecule has 1 aromatic carbocycles. The topological polar surface area (TPSA) is 17.1 Å². The smallest absolute Gasteiger partial charge is 0.164 e. The third kappa shape index (κ3) is 3.91. The molecule has 1 atom stereocenters. The lowest BCUT2D eigenvalue weighted by Crippen LogP contribution is -2.06. The summed E-state index contributed by atoms with van der Waals surface area (Å²) in [5, 5.41) is 0.606. The van der Waals surface area contributed by atoms with Crippen molar-refractivity contribution in [2.45, 2.75) is 33.1 Å². The molecule has 1 unspecified atom stereocenters. The molecule has 0 aliphatic heterocycles. The molecule has 0 aliphatic rings. The van der Waals surface area contributed by atoms with Gasteiger partial charge in [0.05, 0.1) is 0 Å². The maximum absolute atomic E-state index is 12.0. The van der Waals surface area contributed by atoms with E-state index in [1.165, 1.54) is 0 Å². The Hall–Kier alpha value is -0.340. The molecule has 0 aliphatic carbocycles. The minimum absolute atomic E-state index is 0.162. The van der Waals surface area contributed by atoms with Crippen LogP contribution in [0.5, 0.6) is 0 Å². The van der Waals surface area contributed by atoms with Gasteiger partial charge in [-0.25, -0.2) is 0 Å². The highest BCUT2D eigenvalue weighted by atomic mass is 79.9. The number of ketones is 1. The van der Waals surface area contributed by atoms with Gasteiger partial charge in [0.25, 0.3) is 0 Å². The van der Waals surface area contributed by atoms with Gasteiger partial charge in [0, 0.05) is 21.5 Å². The quantitative estimate of drug-likeness (QED) is 0.691. The number of carbonyl (C=O) groups excluding carboxylic acids is 1. The van der Waals surface area contributed by atoms with Gasteiger partial charge in [0.1, 0.15) is 0 Å². The van der Waals surface area contributed by atoms with Crippen molar-refractivity contribution in [1.29, 1.82) is 0 Å². The van der Waals surface area contributed by atoms with Crippen molar-refractivity contribution in [3.8, 4) is 0 Å². The Balaban J connectivity index is 2.76. The Bertz CT molecular complexity index is 376. The second-order valence-electron chi connectivity index (χ2n) is 4.15. The maximum atomic E-state index is 12.0. The fourth-order valence-electron chi connectivity index (χ4n) is 1.73. The predicted octanol–water partition coefficient (Wildman–Crippen LogP) is 5.11. The molecule has 0 radical (unpaired) electrons. The third-order valence-electron chi connectivity index (χ3n) is 2.54. The van der Waals surface area contributed by atoms with Gasteiger partial charge in [0.15, 0.2) is 5.78 Å². The van der Waals surface area contributed by atoms with Crippen LogP contribution in [0.3, 0.4) is 0 Å². The monoisotopic (exact) mass is 302 g/mol. The maximum Gasteiger partial charge on any atom is 0.164 e. The van der Waals surface area contributed by atoms with Gasteiger partial charge >= 0.3 is 0 Å². The summed E-state index contributed by atoms with van der Waals surface area (Å²) in [4.78, 5) is 12.0. The fraction of sp³-hybridized carbons (Fsp3) is 0.462. The second kappa shape index (κ2) is 6.41. The molecule has 0 saturated carbocycles. The summed E-state index contributed by atoms with van der Waals surface area (Å²) in [5.41, 5.74) is 0.690. The van der Waals surface area contributed by atoms with Gasteiger partial charge in [-0.2, -0.15) is 0 Å². The van der Waals surface area contributed by atoms with E-state index in [0.717, 1.165) is 17.3 Å². The highest BCUT2D eigenvalue weighted by Gasteiger charge is 2.13. The normalized spacial score (nSPS) is 12.5. The van der Waals surface area contributed by atoms with E-state index in [0.29, 0.717) is 22.9 Å². The average molecular weight is 304 g/mol. The molecule has 16 heavy (non-hydrogen) atoms. The first-order valence-electron chi connectivity index (χ1n) is 5.52. The summed E-state index contributed by atoms with van der Waals surface area (Å²) >= 11 is 9.27. The van der Waals surface area contributed by atoms with Crippen molar-refractivity contribution >= 4 is 33.3 Å². The van der Waals surface area contributed by atoms with Crippen LogP contribution in [-0.4, -0.2) is 5.78 Å². The van der Waals surface area contributed by atoms with E-state index in [9.17, 15) is 4.79 Å². The molecule has 1 rings (SSSR count). The highest BCUT2D eigenvalue weighted by molar-refractivity contribution is 9.10. The molecule has 3 heteroatoms. The first-order chi connectivity index (χ1) is 7.54. The van der Waals surface area contributed by atoms with Crippen molar-refractivity contribution < 1.29 is 4.79 Å². The SMILES string of the molecule is CCCC(C)CC(=O)c1cc(Cl)ccc1Br. The number of Topliss-reactive ketones (excluding diaryl/α,β-unsaturated/α-hetero) is 1. The van der Waals surface area contributed by atoms with Crippen molar-refractivity contribution in [1.82, 2.24) is 0 Å². The van der Waals surface area contributed by atoms with Crippen molar-refractivity contribution in [2.24, 2.45) is 5.92 Å². The van der Waals surface area contributed by atoms with Crippen LogP contribution in [0.25, 0.3) is 0 Å². The molecule has 1 aromatic rings. The summed E-state index contributed by atoms with van der Waals surface area (Å²) in [7, 11) is 0. The van der Waals surface area contributed by atoms with Crippen LogP contribution in [0.4, 0.5) is 0 Å². The number of rotatable bonds is 5. The second-order valence-corrected chi connectivity index (χ2v) is 5.44. The molecule has 88 valence electrons. The molecular weight excluding hydrogens is 287 g/mol. The third-order valence-corrected chi connectivity index (χ3v) is 3.47. The summed E-state index contributed by atoms with van der Waals surface area (Å²) in [6.45, 7) is 4.25. The Labute approximate surface area is 110 Å². The standard InChI is InChI=1S/C13H16BrClO/c1-3-4-9(2)7-13(16)11-8-10(15)5-6-12(11)14/h5-6,8-9H,3-4,7H2,1-2H3. The summed E-state index contributed by atoms with van der Waals surface area (Å²) in [5.74, 6) is 0.596. The molecule has 0 fully saturated rings. The lowest BCUT2D eigenvalue weighted by atomic mass is 9.96. The zero-order valence-electron chi connectivity index (χ0n) is 9.59. The molecule has 0 bridgehead atoms. The van der Waals surface area contributed by atoms with Gasteiger partial charge < -0.3 is 0 Å². The number of benzene rings is 1. The minimum atomic E-state index is 0.162. The van der Waals surface area contributed by atoms with Crippen LogP contribution in [0.1, 0.15) is 43.5 Å². The van der Waals surface area contributed by atoms with Crippen LogP contribution in [-0.2, 0) is 0 Å². The number of halogens is 2. The van der Waals surface area contributed by atoms with E-state index in [-0.39, 0.29) is 5.78 Å². The molecule has 0 saturated heterocycles. The van der Waals surface area contributed by atoms with Crippen molar-refractivity contribution in [3.05, 3.63) is 33.3 Å². The predicted molar refractivity (Wildman–Crippen MR) is 72.2 cm³/mol. The summed E-state index contributed by atoms with van der Waals surface area (Å²) in [6.07, 6.45) is 2.79. The Morgan fingerprint density at radius 2 is 2.19 bits per heavy atom. The average Bonchev–Trinajstić information content (AvgIpc) is 2.21. The zero-order valence-corrected chi connectivity index (χ0v) is 11.9. The summed E-state index contributed by atoms with van der Waals surface area (Å²) < 4.78 is 0.825. The van der Waals surface area contributed by atoms with Crippen LogP contribution < -0.4 is 0 Å². The van der Waals surface area contributed by atoms with Crippen molar-refractivity contribution in [2.75, 3.05) is 0 Å². The molecule has 0 heterocycles. The first kappa shape index (κ1) is 13.7. The van der Waals surface area contributed by atoms with Gasteiger partial charge in [-0.05, 0) is 24.1 Å². The van der Waals surface area contributed by atoms with Gasteiger partial charge in [-0.15, -0.1) is 0 Å². The number of carbonyl (C=O) groups is 1. The van der Waals surface area contributed by atoms with Crippen LogP contribution >= 0.6 is 27.5 Å². The Morgan fingerprint density at radius 3 is 2.81 bits per heavy atom. The Kier molecular flexibility index (Phi) is 5.50. The zero-order chi connectivity index (χ0) is 12.1. The van der Waals surface area contributed by atoms with Gasteiger partial charge in [0.2, 0.25) is 0 Å². The minimum Gasteiger partial charge on any atom is -0.294 e. The fourth-order valence-corrected chi connectivity index (χ4v) is 2.37.